The highest BCUT2D eigenvalue weighted by Crippen LogP contribution is 2.59. The summed E-state index contributed by atoms with van der Waals surface area (Å²) in [7, 11) is 0. The smallest absolute Gasteiger partial charge is 0.269 e. The van der Waals surface area contributed by atoms with Crippen LogP contribution in [0.4, 0.5) is 11.4 Å². The van der Waals surface area contributed by atoms with E-state index < -0.39 is 4.92 Å². The Bertz CT molecular complexity index is 1040. The average Bonchev–Trinajstić information content (AvgIpc) is 3.57. The van der Waals surface area contributed by atoms with Crippen molar-refractivity contribution in [3.63, 3.8) is 0 Å². The van der Waals surface area contributed by atoms with Crippen molar-refractivity contribution in [1.29, 1.82) is 0 Å². The van der Waals surface area contributed by atoms with E-state index in [1.165, 1.54) is 23.3 Å². The Balaban J connectivity index is 1.62. The molecule has 3 aromatic rings. The Morgan fingerprint density at radius 2 is 1.39 bits per heavy atom. The zero-order valence-corrected chi connectivity index (χ0v) is 17.8. The van der Waals surface area contributed by atoms with Crippen LogP contribution >= 0.6 is 0 Å². The molecule has 5 nitrogen and oxygen atoms in total. The number of rotatable bonds is 7. The summed E-state index contributed by atoms with van der Waals surface area (Å²) in [6.07, 6.45) is 2.69. The van der Waals surface area contributed by atoms with Crippen LogP contribution in [0.3, 0.4) is 0 Å². The third-order valence-electron chi connectivity index (χ3n) is 6.38. The van der Waals surface area contributed by atoms with Crippen LogP contribution in [0.2, 0.25) is 0 Å². The van der Waals surface area contributed by atoms with Crippen molar-refractivity contribution >= 4 is 17.3 Å². The fourth-order valence-electron chi connectivity index (χ4n) is 4.36. The number of carbonyl (C=O) groups is 1. The fourth-order valence-corrected chi connectivity index (χ4v) is 4.36. The molecule has 0 unspecified atom stereocenters. The van der Waals surface area contributed by atoms with Crippen molar-refractivity contribution in [2.45, 2.75) is 38.5 Å². The molecule has 1 aliphatic carbocycles. The fraction of sp³-hybridized carbons (Fsp3) is 0.269. The van der Waals surface area contributed by atoms with Gasteiger partial charge >= 0.3 is 0 Å². The number of non-ortho nitro benzene ring substituents is 1. The van der Waals surface area contributed by atoms with Gasteiger partial charge in [0, 0.05) is 23.2 Å². The van der Waals surface area contributed by atoms with Gasteiger partial charge in [0.05, 0.1) is 10.8 Å². The van der Waals surface area contributed by atoms with Crippen LogP contribution in [0.15, 0.2) is 72.8 Å². The predicted octanol–water partition coefficient (Wildman–Crippen LogP) is 5.66. The molecule has 0 radical (unpaired) electrons. The van der Waals surface area contributed by atoms with Crippen molar-refractivity contribution in [2.75, 3.05) is 5.32 Å². The minimum absolute atomic E-state index is 0.00537. The molecule has 31 heavy (non-hydrogen) atoms. The quantitative estimate of drug-likeness (QED) is 0.400. The minimum atomic E-state index is -0.447. The summed E-state index contributed by atoms with van der Waals surface area (Å²) < 4.78 is 0. The number of nitro benzene ring substituents is 1. The molecule has 1 N–H and O–H groups in total. The van der Waals surface area contributed by atoms with Crippen molar-refractivity contribution in [2.24, 2.45) is 5.92 Å². The first-order valence-electron chi connectivity index (χ1n) is 10.7. The Labute approximate surface area is 182 Å². The van der Waals surface area contributed by atoms with Gasteiger partial charge in [0.25, 0.3) is 5.69 Å². The molecule has 3 aromatic carbocycles. The molecule has 1 atom stereocenters. The Hall–Kier alpha value is -3.47. The number of hydrogen-bond acceptors (Lipinski definition) is 3. The van der Waals surface area contributed by atoms with E-state index in [-0.39, 0.29) is 22.9 Å². The van der Waals surface area contributed by atoms with E-state index in [0.717, 1.165) is 30.4 Å². The Morgan fingerprint density at radius 1 is 0.903 bits per heavy atom. The maximum atomic E-state index is 13.2. The molecule has 1 saturated carbocycles. The molecule has 0 bridgehead atoms. The minimum Gasteiger partial charge on any atom is -0.326 e. The SMILES string of the molecule is CCc1ccc(C2(c3ccc(CC)cc3)C[C@H]2C(=O)Nc2ccc([N+](=O)[O-])cc2)cc1. The summed E-state index contributed by atoms with van der Waals surface area (Å²) in [5, 5.41) is 13.8. The molecule has 0 aliphatic heterocycles. The largest absolute Gasteiger partial charge is 0.326 e. The van der Waals surface area contributed by atoms with E-state index in [0.29, 0.717) is 5.69 Å². The highest BCUT2D eigenvalue weighted by atomic mass is 16.6. The lowest BCUT2D eigenvalue weighted by molar-refractivity contribution is -0.384. The Morgan fingerprint density at radius 3 is 1.81 bits per heavy atom. The van der Waals surface area contributed by atoms with E-state index in [4.69, 9.17) is 0 Å². The van der Waals surface area contributed by atoms with E-state index in [2.05, 4.69) is 67.7 Å². The first kappa shape index (κ1) is 20.8. The number of nitrogens with one attached hydrogen (secondary N) is 1. The first-order chi connectivity index (χ1) is 15.0. The number of anilines is 1. The van der Waals surface area contributed by atoms with Gasteiger partial charge < -0.3 is 5.32 Å². The number of aryl methyl sites for hydroxylation is 2. The summed E-state index contributed by atoms with van der Waals surface area (Å²) in [4.78, 5) is 23.6. The topological polar surface area (TPSA) is 72.2 Å². The Kier molecular flexibility index (Phi) is 5.59. The van der Waals surface area contributed by atoms with Crippen LogP contribution in [0.25, 0.3) is 0 Å². The number of carbonyl (C=O) groups excluding carboxylic acids is 1. The van der Waals surface area contributed by atoms with Crippen LogP contribution < -0.4 is 5.32 Å². The number of nitro groups is 1. The second-order valence-electron chi connectivity index (χ2n) is 8.12. The highest BCUT2D eigenvalue weighted by molar-refractivity contribution is 5.97. The van der Waals surface area contributed by atoms with Crippen molar-refractivity contribution in [3.05, 3.63) is 105 Å². The molecule has 1 aliphatic rings. The molecule has 1 amide bonds. The molecule has 1 fully saturated rings. The molecular formula is C26H26N2O3. The molecular weight excluding hydrogens is 388 g/mol. The highest BCUT2D eigenvalue weighted by Gasteiger charge is 2.60. The summed E-state index contributed by atoms with van der Waals surface area (Å²) >= 11 is 0. The normalized spacial score (nSPS) is 16.5. The summed E-state index contributed by atoms with van der Waals surface area (Å²) in [5.74, 6) is -0.254. The lowest BCUT2D eigenvalue weighted by Gasteiger charge is -2.20. The van der Waals surface area contributed by atoms with Gasteiger partial charge in [0.15, 0.2) is 0 Å². The summed E-state index contributed by atoms with van der Waals surface area (Å²) in [5.41, 5.74) is 5.07. The summed E-state index contributed by atoms with van der Waals surface area (Å²) in [6, 6.07) is 23.1. The van der Waals surface area contributed by atoms with Crippen LogP contribution in [-0.4, -0.2) is 10.8 Å². The maximum absolute atomic E-state index is 13.2. The zero-order chi connectivity index (χ0) is 22.0. The van der Waals surface area contributed by atoms with E-state index >= 15 is 0 Å². The van der Waals surface area contributed by atoms with E-state index in [9.17, 15) is 14.9 Å². The van der Waals surface area contributed by atoms with Crippen LogP contribution in [0, 0.1) is 16.0 Å². The van der Waals surface area contributed by atoms with Gasteiger partial charge in [-0.3, -0.25) is 14.9 Å². The second-order valence-corrected chi connectivity index (χ2v) is 8.12. The van der Waals surface area contributed by atoms with Gasteiger partial charge in [0.1, 0.15) is 0 Å². The number of hydrogen-bond donors (Lipinski definition) is 1. The number of amides is 1. The second kappa shape index (κ2) is 8.34. The third kappa shape index (κ3) is 3.96. The number of nitrogens with zero attached hydrogens (tertiary/aromatic N) is 1. The first-order valence-corrected chi connectivity index (χ1v) is 10.7. The molecule has 0 spiro atoms. The molecule has 0 heterocycles. The van der Waals surface area contributed by atoms with Gasteiger partial charge in [-0.1, -0.05) is 62.4 Å². The zero-order valence-electron chi connectivity index (χ0n) is 17.8. The standard InChI is InChI=1S/C26H26N2O3/c1-3-18-5-9-20(10-6-18)26(21-11-7-19(4-2)8-12-21)17-24(26)25(29)27-22-13-15-23(16-14-22)28(30)31/h5-16,24H,3-4,17H2,1-2H3,(H,27,29)/t24-/m0/s1. The van der Waals surface area contributed by atoms with Gasteiger partial charge in [-0.2, -0.15) is 0 Å². The molecule has 5 heteroatoms. The average molecular weight is 415 g/mol. The predicted molar refractivity (Wildman–Crippen MR) is 122 cm³/mol. The summed E-state index contributed by atoms with van der Waals surface area (Å²) in [6.45, 7) is 4.26. The van der Waals surface area contributed by atoms with Crippen LogP contribution in [-0.2, 0) is 23.1 Å². The molecule has 158 valence electrons. The third-order valence-corrected chi connectivity index (χ3v) is 6.38. The van der Waals surface area contributed by atoms with Crippen molar-refractivity contribution < 1.29 is 9.72 Å². The lowest BCUT2D eigenvalue weighted by Crippen LogP contribution is -2.22. The molecule has 4 rings (SSSR count). The van der Waals surface area contributed by atoms with Crippen molar-refractivity contribution in [3.8, 4) is 0 Å². The lowest BCUT2D eigenvalue weighted by atomic mass is 9.84. The van der Waals surface area contributed by atoms with Gasteiger partial charge in [-0.05, 0) is 53.6 Å². The number of benzene rings is 3. The van der Waals surface area contributed by atoms with Gasteiger partial charge in [-0.25, -0.2) is 0 Å². The van der Waals surface area contributed by atoms with Gasteiger partial charge in [0.2, 0.25) is 5.91 Å². The molecule has 0 saturated heterocycles. The van der Waals surface area contributed by atoms with Crippen LogP contribution in [0.1, 0.15) is 42.5 Å². The van der Waals surface area contributed by atoms with E-state index in [1.54, 1.807) is 12.1 Å². The molecule has 0 aromatic heterocycles. The maximum Gasteiger partial charge on any atom is 0.269 e. The van der Waals surface area contributed by atoms with Gasteiger partial charge in [-0.15, -0.1) is 0 Å². The van der Waals surface area contributed by atoms with E-state index in [1.807, 2.05) is 0 Å². The van der Waals surface area contributed by atoms with Crippen molar-refractivity contribution in [1.82, 2.24) is 0 Å². The monoisotopic (exact) mass is 414 g/mol. The van der Waals surface area contributed by atoms with Crippen LogP contribution in [0.5, 0.6) is 0 Å².